The van der Waals surface area contributed by atoms with Crippen molar-refractivity contribution in [2.24, 2.45) is 0 Å². The van der Waals surface area contributed by atoms with Crippen LogP contribution in [0.1, 0.15) is 20.8 Å². The highest BCUT2D eigenvalue weighted by Crippen LogP contribution is 2.12. The number of carbonyl (C=O) groups is 1. The Labute approximate surface area is 89.6 Å². The van der Waals surface area contributed by atoms with Crippen molar-refractivity contribution in [1.82, 2.24) is 5.32 Å². The minimum Gasteiger partial charge on any atom is -0.372 e. The monoisotopic (exact) mass is 221 g/mol. The van der Waals surface area contributed by atoms with E-state index in [-0.39, 0.29) is 17.4 Å². The molecule has 0 aromatic carbocycles. The number of ketones is 1. The highest BCUT2D eigenvalue weighted by molar-refractivity contribution is 7.93. The van der Waals surface area contributed by atoms with Gasteiger partial charge in [0.25, 0.3) is 0 Å². The van der Waals surface area contributed by atoms with Crippen LogP contribution < -0.4 is 5.32 Å². The van der Waals surface area contributed by atoms with Gasteiger partial charge in [0.2, 0.25) is 0 Å². The molecule has 2 N–H and O–H groups in total. The molecule has 0 spiro atoms. The summed E-state index contributed by atoms with van der Waals surface area (Å²) in [5.41, 5.74) is -0.119. The summed E-state index contributed by atoms with van der Waals surface area (Å²) in [7, 11) is 0. The fourth-order valence-electron chi connectivity index (χ4n) is 1.05. The van der Waals surface area contributed by atoms with Crippen molar-refractivity contribution >= 4 is 17.8 Å². The standard InChI is InChI=1S/C8H15NO2.CH4OS/c1-6(10)7-4-11-8(2,3)5-9-7;1-3-2/h7,9H,4-5H2,1-3H3;2H,1H3. The summed E-state index contributed by atoms with van der Waals surface area (Å²) in [6.45, 7) is 6.85. The van der Waals surface area contributed by atoms with Gasteiger partial charge >= 0.3 is 0 Å². The Bertz CT molecular complexity index is 175. The molecule has 5 heteroatoms. The van der Waals surface area contributed by atoms with Gasteiger partial charge in [0.1, 0.15) is 5.78 Å². The molecule has 1 saturated heterocycles. The molecule has 1 fully saturated rings. The van der Waals surface area contributed by atoms with Crippen LogP contribution in [0, 0.1) is 0 Å². The summed E-state index contributed by atoms with van der Waals surface area (Å²) in [6.07, 6.45) is 1.60. The highest BCUT2D eigenvalue weighted by atomic mass is 32.2. The van der Waals surface area contributed by atoms with E-state index < -0.39 is 0 Å². The largest absolute Gasteiger partial charge is 0.372 e. The minimum atomic E-state index is -0.119. The van der Waals surface area contributed by atoms with Gasteiger partial charge in [0.05, 0.1) is 18.2 Å². The van der Waals surface area contributed by atoms with Crippen molar-refractivity contribution in [3.05, 3.63) is 0 Å². The number of nitrogens with one attached hydrogen (secondary N) is 1. The molecule has 0 aromatic heterocycles. The molecule has 1 heterocycles. The van der Waals surface area contributed by atoms with Crippen molar-refractivity contribution in [2.75, 3.05) is 19.4 Å². The van der Waals surface area contributed by atoms with Crippen LogP contribution in [0.2, 0.25) is 0 Å². The lowest BCUT2D eigenvalue weighted by atomic mass is 10.1. The van der Waals surface area contributed by atoms with Gasteiger partial charge in [-0.05, 0) is 32.8 Å². The van der Waals surface area contributed by atoms with Crippen molar-refractivity contribution in [1.29, 1.82) is 0 Å². The summed E-state index contributed by atoms with van der Waals surface area (Å²) < 4.78 is 12.9. The molecule has 1 atom stereocenters. The average Bonchev–Trinajstić information content (AvgIpc) is 2.04. The number of Topliss-reactive ketones (excluding diaryl/α,β-unsaturated/α-hetero) is 1. The van der Waals surface area contributed by atoms with E-state index in [1.54, 1.807) is 13.2 Å². The summed E-state index contributed by atoms with van der Waals surface area (Å²) in [5.74, 6) is 0.153. The van der Waals surface area contributed by atoms with Crippen molar-refractivity contribution < 1.29 is 14.1 Å². The molecular formula is C9H19NO3S. The van der Waals surface area contributed by atoms with Crippen LogP contribution in [-0.4, -0.2) is 41.4 Å². The maximum absolute atomic E-state index is 10.9. The first-order chi connectivity index (χ1) is 6.43. The molecule has 0 saturated carbocycles. The summed E-state index contributed by atoms with van der Waals surface area (Å²) in [6, 6.07) is -0.0944. The second-order valence-electron chi connectivity index (χ2n) is 3.80. The number of ether oxygens (including phenoxy) is 1. The molecule has 1 aliphatic heterocycles. The Morgan fingerprint density at radius 2 is 2.14 bits per heavy atom. The molecule has 4 nitrogen and oxygen atoms in total. The fraction of sp³-hybridized carbons (Fsp3) is 0.889. The van der Waals surface area contributed by atoms with Crippen LogP contribution in [0.4, 0.5) is 0 Å². The molecule has 0 amide bonds. The highest BCUT2D eigenvalue weighted by Gasteiger charge is 2.28. The van der Waals surface area contributed by atoms with E-state index in [0.717, 1.165) is 18.6 Å². The molecule has 1 rings (SSSR count). The molecule has 84 valence electrons. The number of hydrogen-bond acceptors (Lipinski definition) is 5. The average molecular weight is 221 g/mol. The summed E-state index contributed by atoms with van der Waals surface area (Å²) >= 11 is 0.750. The Hall–Kier alpha value is -0.100. The SMILES string of the molecule is CC(=O)C1COC(C)(C)CN1.CSO. The van der Waals surface area contributed by atoms with E-state index >= 15 is 0 Å². The van der Waals surface area contributed by atoms with E-state index in [9.17, 15) is 4.79 Å². The Morgan fingerprint density at radius 3 is 2.43 bits per heavy atom. The number of rotatable bonds is 1. The van der Waals surface area contributed by atoms with Gasteiger partial charge in [0, 0.05) is 12.8 Å². The maximum atomic E-state index is 10.9. The normalized spacial score (nSPS) is 24.8. The Balaban J connectivity index is 0.000000500. The molecule has 14 heavy (non-hydrogen) atoms. The molecule has 0 aliphatic carbocycles. The number of carbonyl (C=O) groups excluding carboxylic acids is 1. The smallest absolute Gasteiger partial charge is 0.149 e. The molecule has 1 unspecified atom stereocenters. The second kappa shape index (κ2) is 6.40. The van der Waals surface area contributed by atoms with Crippen LogP contribution in [0.5, 0.6) is 0 Å². The van der Waals surface area contributed by atoms with Gasteiger partial charge in [0.15, 0.2) is 0 Å². The van der Waals surface area contributed by atoms with Crippen LogP contribution >= 0.6 is 12.0 Å². The van der Waals surface area contributed by atoms with Gasteiger partial charge in [-0.15, -0.1) is 0 Å². The van der Waals surface area contributed by atoms with E-state index in [0.29, 0.717) is 6.61 Å². The van der Waals surface area contributed by atoms with Crippen molar-refractivity contribution in [2.45, 2.75) is 32.4 Å². The van der Waals surface area contributed by atoms with E-state index in [2.05, 4.69) is 5.32 Å². The number of hydrogen-bond donors (Lipinski definition) is 2. The third-order valence-corrected chi connectivity index (χ3v) is 1.91. The zero-order valence-electron chi connectivity index (χ0n) is 9.16. The van der Waals surface area contributed by atoms with Gasteiger partial charge < -0.3 is 14.6 Å². The van der Waals surface area contributed by atoms with E-state index in [1.165, 1.54) is 0 Å². The molecule has 0 aromatic rings. The Kier molecular flexibility index (Phi) is 6.35. The third kappa shape index (κ3) is 5.59. The van der Waals surface area contributed by atoms with Gasteiger partial charge in [-0.3, -0.25) is 4.79 Å². The predicted octanol–water partition coefficient (Wildman–Crippen LogP) is 1.16. The van der Waals surface area contributed by atoms with Gasteiger partial charge in [-0.1, -0.05) is 0 Å². The molecule has 1 aliphatic rings. The first kappa shape index (κ1) is 13.9. The van der Waals surface area contributed by atoms with Crippen LogP contribution in [-0.2, 0) is 9.53 Å². The lowest BCUT2D eigenvalue weighted by Crippen LogP contribution is -2.53. The third-order valence-electron chi connectivity index (χ3n) is 1.91. The first-order valence-electron chi connectivity index (χ1n) is 4.48. The lowest BCUT2D eigenvalue weighted by Gasteiger charge is -2.34. The van der Waals surface area contributed by atoms with Crippen molar-refractivity contribution in [3.8, 4) is 0 Å². The van der Waals surface area contributed by atoms with Gasteiger partial charge in [-0.25, -0.2) is 0 Å². The predicted molar refractivity (Wildman–Crippen MR) is 58.6 cm³/mol. The second-order valence-corrected chi connectivity index (χ2v) is 4.16. The quantitative estimate of drug-likeness (QED) is 0.651. The zero-order valence-corrected chi connectivity index (χ0v) is 9.98. The molecule has 0 bridgehead atoms. The Morgan fingerprint density at radius 1 is 1.64 bits per heavy atom. The molecule has 0 radical (unpaired) electrons. The van der Waals surface area contributed by atoms with Gasteiger partial charge in [-0.2, -0.15) is 0 Å². The fourth-order valence-corrected chi connectivity index (χ4v) is 1.05. The maximum Gasteiger partial charge on any atom is 0.149 e. The first-order valence-corrected chi connectivity index (χ1v) is 5.66. The lowest BCUT2D eigenvalue weighted by molar-refractivity contribution is -0.126. The zero-order chi connectivity index (χ0) is 11.2. The van der Waals surface area contributed by atoms with Crippen LogP contribution in [0.25, 0.3) is 0 Å². The number of morpholine rings is 1. The van der Waals surface area contributed by atoms with Crippen molar-refractivity contribution in [3.63, 3.8) is 0 Å². The molecular weight excluding hydrogens is 202 g/mol. The van der Waals surface area contributed by atoms with E-state index in [1.807, 2.05) is 13.8 Å². The summed E-state index contributed by atoms with van der Waals surface area (Å²) in [4.78, 5) is 10.9. The van der Waals surface area contributed by atoms with Crippen LogP contribution in [0.15, 0.2) is 0 Å². The summed E-state index contributed by atoms with van der Waals surface area (Å²) in [5, 5.41) is 3.13. The topological polar surface area (TPSA) is 58.6 Å². The minimum absolute atomic E-state index is 0.0944. The van der Waals surface area contributed by atoms with E-state index in [4.69, 9.17) is 9.29 Å². The van der Waals surface area contributed by atoms with Crippen LogP contribution in [0.3, 0.4) is 0 Å².